The molecule has 1 fully saturated rings. The zero-order valence-corrected chi connectivity index (χ0v) is 18.7. The van der Waals surface area contributed by atoms with Gasteiger partial charge in [0.2, 0.25) is 21.1 Å². The predicted octanol–water partition coefficient (Wildman–Crippen LogP) is 0.744. The van der Waals surface area contributed by atoms with Gasteiger partial charge in [-0.15, -0.1) is 5.10 Å². The number of morpholine rings is 1. The van der Waals surface area contributed by atoms with Gasteiger partial charge in [-0.2, -0.15) is 4.31 Å². The van der Waals surface area contributed by atoms with E-state index in [-0.39, 0.29) is 23.1 Å². The van der Waals surface area contributed by atoms with Gasteiger partial charge in [-0.3, -0.25) is 4.79 Å². The van der Waals surface area contributed by atoms with Crippen LogP contribution in [0.1, 0.15) is 11.3 Å². The van der Waals surface area contributed by atoms with Crippen LogP contribution in [0.5, 0.6) is 0 Å². The van der Waals surface area contributed by atoms with Gasteiger partial charge in [0.25, 0.3) is 0 Å². The number of amides is 1. The molecule has 1 aliphatic rings. The number of aromatic nitrogens is 4. The van der Waals surface area contributed by atoms with Gasteiger partial charge >= 0.3 is 0 Å². The third kappa shape index (κ3) is 5.54. The van der Waals surface area contributed by atoms with E-state index in [0.717, 1.165) is 5.56 Å². The average molecular weight is 479 g/mol. The number of furan rings is 1. The SMILES string of the molecule is O=C(CSc1nnnn1Cc1ccco1)NCc1ccc(S(=O)(=O)N2CCOCC2)cc1. The summed E-state index contributed by atoms with van der Waals surface area (Å²) in [6.45, 7) is 2.16. The Morgan fingerprint density at radius 2 is 1.94 bits per heavy atom. The van der Waals surface area contributed by atoms with Gasteiger partial charge in [0, 0.05) is 19.6 Å². The predicted molar refractivity (Wildman–Crippen MR) is 114 cm³/mol. The Morgan fingerprint density at radius 1 is 1.16 bits per heavy atom. The molecule has 1 saturated heterocycles. The molecule has 170 valence electrons. The summed E-state index contributed by atoms with van der Waals surface area (Å²) in [6, 6.07) is 10.1. The van der Waals surface area contributed by atoms with E-state index >= 15 is 0 Å². The summed E-state index contributed by atoms with van der Waals surface area (Å²) in [7, 11) is -3.53. The third-order valence-electron chi connectivity index (χ3n) is 4.74. The zero-order chi connectivity index (χ0) is 22.4. The Kier molecular flexibility index (Phi) is 7.19. The second kappa shape index (κ2) is 10.3. The minimum atomic E-state index is -3.53. The second-order valence-corrected chi connectivity index (χ2v) is 9.80. The molecule has 0 unspecified atom stereocenters. The fourth-order valence-electron chi connectivity index (χ4n) is 3.05. The van der Waals surface area contributed by atoms with E-state index in [9.17, 15) is 13.2 Å². The third-order valence-corrected chi connectivity index (χ3v) is 7.61. The Hall–Kier alpha value is -2.74. The van der Waals surface area contributed by atoms with Crippen LogP contribution < -0.4 is 5.32 Å². The molecule has 0 atom stereocenters. The molecule has 4 rings (SSSR count). The van der Waals surface area contributed by atoms with Gasteiger partial charge in [-0.1, -0.05) is 23.9 Å². The van der Waals surface area contributed by atoms with Crippen LogP contribution in [0.15, 0.2) is 57.1 Å². The standard InChI is InChI=1S/C19H22N6O5S2/c26-18(14-31-19-21-22-23-25(19)13-16-2-1-9-30-16)20-12-15-3-5-17(6-4-15)32(27,28)24-7-10-29-11-8-24/h1-6,9H,7-8,10-14H2,(H,20,26). The molecular formula is C19H22N6O5S2. The van der Waals surface area contributed by atoms with E-state index in [1.807, 2.05) is 6.07 Å². The van der Waals surface area contributed by atoms with Gasteiger partial charge < -0.3 is 14.5 Å². The number of carbonyl (C=O) groups is 1. The van der Waals surface area contributed by atoms with Gasteiger partial charge in [-0.05, 0) is 40.3 Å². The topological polar surface area (TPSA) is 132 Å². The second-order valence-electron chi connectivity index (χ2n) is 6.92. The average Bonchev–Trinajstić information content (AvgIpc) is 3.49. The van der Waals surface area contributed by atoms with Crippen LogP contribution >= 0.6 is 11.8 Å². The van der Waals surface area contributed by atoms with Crippen molar-refractivity contribution in [1.29, 1.82) is 0 Å². The molecule has 3 heterocycles. The lowest BCUT2D eigenvalue weighted by Crippen LogP contribution is -2.40. The summed E-state index contributed by atoms with van der Waals surface area (Å²) in [4.78, 5) is 12.5. The molecule has 1 amide bonds. The first kappa shape index (κ1) is 22.5. The lowest BCUT2D eigenvalue weighted by atomic mass is 10.2. The maximum Gasteiger partial charge on any atom is 0.243 e. The molecule has 2 aromatic heterocycles. The number of sulfonamides is 1. The van der Waals surface area contributed by atoms with Gasteiger partial charge in [0.15, 0.2) is 0 Å². The summed E-state index contributed by atoms with van der Waals surface area (Å²) in [5.74, 6) is 0.664. The Bertz CT molecular complexity index is 1130. The summed E-state index contributed by atoms with van der Waals surface area (Å²) < 4.78 is 38.8. The molecule has 13 heteroatoms. The van der Waals surface area contributed by atoms with Crippen molar-refractivity contribution in [2.75, 3.05) is 32.1 Å². The van der Waals surface area contributed by atoms with Crippen molar-refractivity contribution < 1.29 is 22.4 Å². The molecule has 0 radical (unpaired) electrons. The van der Waals surface area contributed by atoms with E-state index in [1.54, 1.807) is 41.3 Å². The number of carbonyl (C=O) groups excluding carboxylic acids is 1. The molecule has 1 N–H and O–H groups in total. The highest BCUT2D eigenvalue weighted by Gasteiger charge is 2.26. The van der Waals surface area contributed by atoms with Crippen molar-refractivity contribution in [2.45, 2.75) is 23.1 Å². The lowest BCUT2D eigenvalue weighted by molar-refractivity contribution is -0.118. The van der Waals surface area contributed by atoms with E-state index < -0.39 is 10.0 Å². The first-order valence-corrected chi connectivity index (χ1v) is 12.3. The Labute approximate surface area is 189 Å². The lowest BCUT2D eigenvalue weighted by Gasteiger charge is -2.26. The molecule has 0 aliphatic carbocycles. The normalized spacial score (nSPS) is 15.0. The minimum absolute atomic E-state index is 0.141. The number of rotatable bonds is 9. The summed E-state index contributed by atoms with van der Waals surface area (Å²) >= 11 is 1.22. The largest absolute Gasteiger partial charge is 0.467 e. The van der Waals surface area contributed by atoms with Crippen LogP contribution in [-0.4, -0.2) is 70.9 Å². The van der Waals surface area contributed by atoms with Crippen LogP contribution in [0.3, 0.4) is 0 Å². The molecule has 32 heavy (non-hydrogen) atoms. The quantitative estimate of drug-likeness (QED) is 0.442. The fourth-order valence-corrected chi connectivity index (χ4v) is 5.16. The number of benzene rings is 1. The molecule has 1 aromatic carbocycles. The first-order chi connectivity index (χ1) is 15.5. The highest BCUT2D eigenvalue weighted by molar-refractivity contribution is 7.99. The van der Waals surface area contributed by atoms with Crippen molar-refractivity contribution in [3.8, 4) is 0 Å². The zero-order valence-electron chi connectivity index (χ0n) is 17.1. The number of nitrogens with one attached hydrogen (secondary N) is 1. The smallest absolute Gasteiger partial charge is 0.243 e. The number of tetrazole rings is 1. The number of nitrogens with zero attached hydrogens (tertiary/aromatic N) is 5. The Morgan fingerprint density at radius 3 is 2.66 bits per heavy atom. The van der Waals surface area contributed by atoms with Crippen molar-refractivity contribution in [1.82, 2.24) is 29.8 Å². The van der Waals surface area contributed by atoms with Gasteiger partial charge in [0.05, 0.1) is 30.1 Å². The number of thioether (sulfide) groups is 1. The van der Waals surface area contributed by atoms with E-state index in [1.165, 1.54) is 16.1 Å². The molecular weight excluding hydrogens is 456 g/mol. The first-order valence-electron chi connectivity index (χ1n) is 9.87. The highest BCUT2D eigenvalue weighted by Crippen LogP contribution is 2.18. The van der Waals surface area contributed by atoms with Crippen molar-refractivity contribution in [2.24, 2.45) is 0 Å². The maximum absolute atomic E-state index is 12.7. The molecule has 0 spiro atoms. The fraction of sp³-hybridized carbons (Fsp3) is 0.368. The Balaban J connectivity index is 1.26. The maximum atomic E-state index is 12.7. The van der Waals surface area contributed by atoms with E-state index in [2.05, 4.69) is 20.8 Å². The summed E-state index contributed by atoms with van der Waals surface area (Å²) in [6.07, 6.45) is 1.57. The summed E-state index contributed by atoms with van der Waals surface area (Å²) in [5.41, 5.74) is 0.798. The van der Waals surface area contributed by atoms with Crippen molar-refractivity contribution in [3.63, 3.8) is 0 Å². The van der Waals surface area contributed by atoms with E-state index in [4.69, 9.17) is 9.15 Å². The van der Waals surface area contributed by atoms with Crippen LogP contribution in [0.25, 0.3) is 0 Å². The van der Waals surface area contributed by atoms with Crippen LogP contribution in [0.2, 0.25) is 0 Å². The van der Waals surface area contributed by atoms with Crippen LogP contribution in [0, 0.1) is 0 Å². The molecule has 1 aliphatic heterocycles. The monoisotopic (exact) mass is 478 g/mol. The molecule has 3 aromatic rings. The number of hydrogen-bond acceptors (Lipinski definition) is 9. The molecule has 0 saturated carbocycles. The van der Waals surface area contributed by atoms with Crippen LogP contribution in [0.4, 0.5) is 0 Å². The van der Waals surface area contributed by atoms with Gasteiger partial charge in [-0.25, -0.2) is 13.1 Å². The highest BCUT2D eigenvalue weighted by atomic mass is 32.2. The van der Waals surface area contributed by atoms with E-state index in [0.29, 0.717) is 43.8 Å². The van der Waals surface area contributed by atoms with Crippen molar-refractivity contribution >= 4 is 27.7 Å². The summed E-state index contributed by atoms with van der Waals surface area (Å²) in [5, 5.41) is 14.8. The van der Waals surface area contributed by atoms with Gasteiger partial charge in [0.1, 0.15) is 12.3 Å². The molecule has 0 bridgehead atoms. The van der Waals surface area contributed by atoms with Crippen LogP contribution in [-0.2, 0) is 32.6 Å². The number of ether oxygens (including phenoxy) is 1. The van der Waals surface area contributed by atoms with Crippen molar-refractivity contribution in [3.05, 3.63) is 54.0 Å². The minimum Gasteiger partial charge on any atom is -0.467 e. The molecule has 11 nitrogen and oxygen atoms in total. The number of hydrogen-bond donors (Lipinski definition) is 1.